The van der Waals surface area contributed by atoms with E-state index in [4.69, 9.17) is 15.4 Å². The third-order valence-electron chi connectivity index (χ3n) is 2.30. The maximum absolute atomic E-state index is 10.5. The Balaban J connectivity index is 2.88. The normalized spacial score (nSPS) is 11.4. The molecule has 0 aliphatic heterocycles. The molecular formula is C11H13N3O3. The molecule has 1 N–H and O–H groups in total. The van der Waals surface area contributed by atoms with Gasteiger partial charge in [0.15, 0.2) is 0 Å². The third kappa shape index (κ3) is 4.04. The van der Waals surface area contributed by atoms with Crippen molar-refractivity contribution in [2.75, 3.05) is 7.11 Å². The lowest BCUT2D eigenvalue weighted by atomic mass is 10.0. The molecule has 0 amide bonds. The predicted octanol–water partition coefficient (Wildman–Crippen LogP) is 2.91. The van der Waals surface area contributed by atoms with Crippen molar-refractivity contribution < 1.29 is 14.6 Å². The van der Waals surface area contributed by atoms with Crippen LogP contribution in [0.5, 0.6) is 5.75 Å². The minimum absolute atomic E-state index is 0.0408. The second-order valence-electron chi connectivity index (χ2n) is 3.43. The number of aliphatic carboxylic acids is 1. The minimum Gasteiger partial charge on any atom is -0.497 e. The van der Waals surface area contributed by atoms with Crippen LogP contribution in [0.4, 0.5) is 0 Å². The minimum atomic E-state index is -0.911. The first kappa shape index (κ1) is 12.9. The number of methoxy groups -OCH3 is 1. The van der Waals surface area contributed by atoms with E-state index < -0.39 is 12.0 Å². The fourth-order valence-corrected chi connectivity index (χ4v) is 1.46. The lowest BCUT2D eigenvalue weighted by molar-refractivity contribution is -0.137. The number of carboxylic acid groups (broad SMARTS) is 1. The van der Waals surface area contributed by atoms with Crippen molar-refractivity contribution in [3.05, 3.63) is 40.3 Å². The van der Waals surface area contributed by atoms with E-state index in [2.05, 4.69) is 10.0 Å². The molecule has 1 aromatic rings. The summed E-state index contributed by atoms with van der Waals surface area (Å²) in [6.07, 6.45) is 0.230. The summed E-state index contributed by atoms with van der Waals surface area (Å²) in [6, 6.07) is 6.58. The molecule has 1 rings (SSSR count). The number of carboxylic acids is 1. The Morgan fingerprint density at radius 1 is 1.65 bits per heavy atom. The van der Waals surface area contributed by atoms with Crippen molar-refractivity contribution in [2.24, 2.45) is 5.11 Å². The molecule has 0 saturated heterocycles. The first-order chi connectivity index (χ1) is 8.17. The van der Waals surface area contributed by atoms with E-state index in [0.29, 0.717) is 5.75 Å². The van der Waals surface area contributed by atoms with Gasteiger partial charge in [0.25, 0.3) is 0 Å². The van der Waals surface area contributed by atoms with Gasteiger partial charge in [-0.05, 0) is 29.6 Å². The lowest BCUT2D eigenvalue weighted by Gasteiger charge is -2.11. The maximum atomic E-state index is 10.5. The van der Waals surface area contributed by atoms with Gasteiger partial charge in [0.1, 0.15) is 5.75 Å². The van der Waals surface area contributed by atoms with Crippen molar-refractivity contribution in [3.8, 4) is 5.75 Å². The first-order valence-electron chi connectivity index (χ1n) is 5.07. The quantitative estimate of drug-likeness (QED) is 0.466. The van der Waals surface area contributed by atoms with Crippen molar-refractivity contribution >= 4 is 5.97 Å². The van der Waals surface area contributed by atoms with Crippen molar-refractivity contribution in [3.63, 3.8) is 0 Å². The van der Waals surface area contributed by atoms with Gasteiger partial charge in [-0.1, -0.05) is 17.2 Å². The fourth-order valence-electron chi connectivity index (χ4n) is 1.46. The second kappa shape index (κ2) is 6.40. The molecule has 6 heteroatoms. The molecule has 0 aromatic heterocycles. The molecule has 0 bridgehead atoms. The first-order valence-corrected chi connectivity index (χ1v) is 5.07. The van der Waals surface area contributed by atoms with Gasteiger partial charge in [-0.25, -0.2) is 0 Å². The van der Waals surface area contributed by atoms with E-state index in [1.165, 1.54) is 0 Å². The van der Waals surface area contributed by atoms with Gasteiger partial charge in [0, 0.05) is 11.3 Å². The number of nitrogens with zero attached hydrogens (tertiary/aromatic N) is 3. The van der Waals surface area contributed by atoms with E-state index >= 15 is 0 Å². The Hall–Kier alpha value is -2.20. The number of rotatable bonds is 6. The summed E-state index contributed by atoms with van der Waals surface area (Å²) in [6.45, 7) is 0. The lowest BCUT2D eigenvalue weighted by Crippen LogP contribution is -2.01. The fraction of sp³-hybridized carbons (Fsp3) is 0.364. The Kier molecular flexibility index (Phi) is 4.84. The molecule has 0 saturated carbocycles. The van der Waals surface area contributed by atoms with Gasteiger partial charge < -0.3 is 9.84 Å². The number of hydrogen-bond donors (Lipinski definition) is 1. The molecule has 0 fully saturated rings. The van der Waals surface area contributed by atoms with E-state index in [-0.39, 0.29) is 12.8 Å². The van der Waals surface area contributed by atoms with Crippen LogP contribution in [0.1, 0.15) is 24.4 Å². The molecule has 17 heavy (non-hydrogen) atoms. The van der Waals surface area contributed by atoms with Crippen molar-refractivity contribution in [1.82, 2.24) is 0 Å². The zero-order valence-electron chi connectivity index (χ0n) is 9.41. The number of carbonyl (C=O) groups is 1. The summed E-state index contributed by atoms with van der Waals surface area (Å²) >= 11 is 0. The Bertz CT molecular complexity index is 441. The molecule has 0 aliphatic rings. The summed E-state index contributed by atoms with van der Waals surface area (Å²) < 4.78 is 5.06. The zero-order chi connectivity index (χ0) is 12.7. The van der Waals surface area contributed by atoms with Crippen LogP contribution in [0.25, 0.3) is 10.4 Å². The summed E-state index contributed by atoms with van der Waals surface area (Å²) in [5, 5.41) is 12.2. The van der Waals surface area contributed by atoms with Gasteiger partial charge in [-0.2, -0.15) is 0 Å². The standard InChI is InChI=1S/C11H13N3O3/c1-17-9-4-2-3-8(7-9)10(13-14-12)5-6-11(15)16/h2-4,7,10H,5-6H2,1H3,(H,15,16). The summed E-state index contributed by atoms with van der Waals surface area (Å²) in [4.78, 5) is 13.2. The van der Waals surface area contributed by atoms with E-state index in [0.717, 1.165) is 5.56 Å². The largest absolute Gasteiger partial charge is 0.497 e. The van der Waals surface area contributed by atoms with Crippen LogP contribution in [0.15, 0.2) is 29.4 Å². The Morgan fingerprint density at radius 3 is 3.00 bits per heavy atom. The zero-order valence-corrected chi connectivity index (χ0v) is 9.41. The van der Waals surface area contributed by atoms with E-state index in [1.807, 2.05) is 0 Å². The number of ether oxygens (including phenoxy) is 1. The molecule has 0 heterocycles. The molecule has 1 aromatic carbocycles. The smallest absolute Gasteiger partial charge is 0.303 e. The van der Waals surface area contributed by atoms with E-state index in [1.54, 1.807) is 31.4 Å². The second-order valence-corrected chi connectivity index (χ2v) is 3.43. The molecule has 6 nitrogen and oxygen atoms in total. The van der Waals surface area contributed by atoms with Gasteiger partial charge in [-0.3, -0.25) is 4.79 Å². The molecule has 1 unspecified atom stereocenters. The highest BCUT2D eigenvalue weighted by Crippen LogP contribution is 2.26. The van der Waals surface area contributed by atoms with Crippen LogP contribution in [0.2, 0.25) is 0 Å². The average Bonchev–Trinajstić information content (AvgIpc) is 2.34. The highest BCUT2D eigenvalue weighted by Gasteiger charge is 2.12. The highest BCUT2D eigenvalue weighted by molar-refractivity contribution is 5.66. The third-order valence-corrected chi connectivity index (χ3v) is 2.30. The molecular weight excluding hydrogens is 222 g/mol. The van der Waals surface area contributed by atoms with Gasteiger partial charge in [0.05, 0.1) is 13.2 Å². The molecule has 0 aliphatic carbocycles. The van der Waals surface area contributed by atoms with Gasteiger partial charge >= 0.3 is 5.97 Å². The predicted molar refractivity (Wildman–Crippen MR) is 61.8 cm³/mol. The van der Waals surface area contributed by atoms with Crippen LogP contribution in [0, 0.1) is 0 Å². The Morgan fingerprint density at radius 2 is 2.41 bits per heavy atom. The van der Waals surface area contributed by atoms with E-state index in [9.17, 15) is 4.79 Å². The summed E-state index contributed by atoms with van der Waals surface area (Å²) in [5.74, 6) is -0.262. The molecule has 0 radical (unpaired) electrons. The maximum Gasteiger partial charge on any atom is 0.303 e. The number of benzene rings is 1. The molecule has 0 spiro atoms. The molecule has 1 atom stereocenters. The van der Waals surface area contributed by atoms with Crippen LogP contribution in [-0.2, 0) is 4.79 Å². The van der Waals surface area contributed by atoms with Crippen molar-refractivity contribution in [2.45, 2.75) is 18.9 Å². The van der Waals surface area contributed by atoms with Crippen LogP contribution < -0.4 is 4.74 Å². The summed E-state index contributed by atoms with van der Waals surface area (Å²) in [5.41, 5.74) is 9.22. The summed E-state index contributed by atoms with van der Waals surface area (Å²) in [7, 11) is 1.54. The Labute approximate surface area is 98.5 Å². The van der Waals surface area contributed by atoms with Crippen LogP contribution in [-0.4, -0.2) is 18.2 Å². The highest BCUT2D eigenvalue weighted by atomic mass is 16.5. The van der Waals surface area contributed by atoms with Gasteiger partial charge in [-0.15, -0.1) is 0 Å². The number of hydrogen-bond acceptors (Lipinski definition) is 3. The van der Waals surface area contributed by atoms with Crippen molar-refractivity contribution in [1.29, 1.82) is 0 Å². The van der Waals surface area contributed by atoms with Gasteiger partial charge in [0.2, 0.25) is 0 Å². The topological polar surface area (TPSA) is 95.3 Å². The number of azide groups is 1. The van der Waals surface area contributed by atoms with Crippen LogP contribution in [0.3, 0.4) is 0 Å². The molecule has 90 valence electrons. The van der Waals surface area contributed by atoms with Crippen LogP contribution >= 0.6 is 0 Å². The SMILES string of the molecule is COc1cccc(C(CCC(=O)O)N=[N+]=[N-])c1. The average molecular weight is 235 g/mol. The monoisotopic (exact) mass is 235 g/mol.